The molecule has 2 aromatic rings. The van der Waals surface area contributed by atoms with Gasteiger partial charge in [0.25, 0.3) is 0 Å². The monoisotopic (exact) mass is 398 g/mol. The van der Waals surface area contributed by atoms with Crippen molar-refractivity contribution in [1.82, 2.24) is 0 Å². The summed E-state index contributed by atoms with van der Waals surface area (Å²) in [7, 11) is 0. The van der Waals surface area contributed by atoms with E-state index in [0.29, 0.717) is 30.3 Å². The molecule has 1 aromatic heterocycles. The van der Waals surface area contributed by atoms with Gasteiger partial charge in [0, 0.05) is 29.4 Å². The Morgan fingerprint density at radius 3 is 2.69 bits per heavy atom. The van der Waals surface area contributed by atoms with Crippen molar-refractivity contribution in [3.63, 3.8) is 0 Å². The molecule has 1 N–H and O–H groups in total. The van der Waals surface area contributed by atoms with Gasteiger partial charge in [0.2, 0.25) is 0 Å². The van der Waals surface area contributed by atoms with E-state index in [4.69, 9.17) is 9.15 Å². The molecule has 156 valence electrons. The van der Waals surface area contributed by atoms with E-state index in [0.717, 1.165) is 18.2 Å². The van der Waals surface area contributed by atoms with Gasteiger partial charge in [-0.2, -0.15) is 0 Å². The van der Waals surface area contributed by atoms with E-state index in [1.807, 2.05) is 12.1 Å². The van der Waals surface area contributed by atoms with Gasteiger partial charge < -0.3 is 14.3 Å². The van der Waals surface area contributed by atoms with E-state index in [1.54, 1.807) is 12.1 Å². The average molecular weight is 398 g/mol. The van der Waals surface area contributed by atoms with Gasteiger partial charge in [0.15, 0.2) is 0 Å². The van der Waals surface area contributed by atoms with Crippen molar-refractivity contribution in [2.45, 2.75) is 53.4 Å². The van der Waals surface area contributed by atoms with Crippen LogP contribution in [0.25, 0.3) is 11.0 Å². The molecule has 3 rings (SSSR count). The van der Waals surface area contributed by atoms with E-state index >= 15 is 0 Å². The predicted molar refractivity (Wildman–Crippen MR) is 113 cm³/mol. The number of aliphatic carboxylic acids is 1. The summed E-state index contributed by atoms with van der Waals surface area (Å²) >= 11 is 0. The number of carbonyl (C=O) groups is 1. The normalized spacial score (nSPS) is 24.5. The van der Waals surface area contributed by atoms with Crippen LogP contribution in [0.3, 0.4) is 0 Å². The zero-order valence-corrected chi connectivity index (χ0v) is 17.7. The highest BCUT2D eigenvalue weighted by atomic mass is 16.5. The Morgan fingerprint density at radius 1 is 1.28 bits per heavy atom. The van der Waals surface area contributed by atoms with E-state index < -0.39 is 5.97 Å². The minimum atomic E-state index is -0.760. The molecule has 0 saturated heterocycles. The molecule has 0 bridgehead atoms. The van der Waals surface area contributed by atoms with Crippen molar-refractivity contribution in [2.24, 2.45) is 17.3 Å². The van der Waals surface area contributed by atoms with Crippen molar-refractivity contribution in [1.29, 1.82) is 0 Å². The summed E-state index contributed by atoms with van der Waals surface area (Å²) in [5, 5.41) is 10.1. The van der Waals surface area contributed by atoms with Crippen molar-refractivity contribution in [2.75, 3.05) is 6.61 Å². The molecule has 1 heterocycles. The first kappa shape index (κ1) is 21.2. The second-order valence-corrected chi connectivity index (χ2v) is 8.70. The van der Waals surface area contributed by atoms with Crippen LogP contribution in [0.2, 0.25) is 0 Å². The molecule has 0 spiro atoms. The highest BCUT2D eigenvalue weighted by Crippen LogP contribution is 2.51. The number of benzene rings is 1. The molecule has 29 heavy (non-hydrogen) atoms. The Hall–Kier alpha value is -2.56. The van der Waals surface area contributed by atoms with Gasteiger partial charge in [-0.3, -0.25) is 4.79 Å². The van der Waals surface area contributed by atoms with Crippen LogP contribution in [0, 0.1) is 17.3 Å². The van der Waals surface area contributed by atoms with Gasteiger partial charge >= 0.3 is 11.6 Å². The molecule has 5 heteroatoms. The Balaban J connectivity index is 1.87. The topological polar surface area (TPSA) is 76.7 Å². The van der Waals surface area contributed by atoms with Crippen LogP contribution in [0.15, 0.2) is 50.7 Å². The lowest BCUT2D eigenvalue weighted by atomic mass is 9.58. The van der Waals surface area contributed by atoms with Crippen LogP contribution in [-0.2, 0) is 4.79 Å². The van der Waals surface area contributed by atoms with E-state index in [9.17, 15) is 14.7 Å². The molecule has 1 fully saturated rings. The number of rotatable bonds is 6. The number of hydrogen-bond acceptors (Lipinski definition) is 4. The predicted octanol–water partition coefficient (Wildman–Crippen LogP) is 5.43. The summed E-state index contributed by atoms with van der Waals surface area (Å²) < 4.78 is 11.5. The third kappa shape index (κ3) is 4.55. The molecule has 0 aliphatic heterocycles. The highest BCUT2D eigenvalue weighted by molar-refractivity contribution is 5.77. The fraction of sp³-hybridized carbons (Fsp3) is 0.500. The van der Waals surface area contributed by atoms with E-state index in [-0.39, 0.29) is 23.4 Å². The standard InChI is InChI=1S/C24H30O5/c1-15(2)19-9-5-16(3)24(4,20(19)10-11-22(25)26)14-28-18-8-6-17-7-12-23(27)29-21(17)13-18/h6-8,12-13,16,20H,5,9-11,14H2,1-4H3,(H,25,26)/t16-,20-,24-/m0/s1. The fourth-order valence-electron chi connectivity index (χ4n) is 4.60. The minimum Gasteiger partial charge on any atom is -0.493 e. The summed E-state index contributed by atoms with van der Waals surface area (Å²) in [5.41, 5.74) is 2.60. The first-order chi connectivity index (χ1) is 13.7. The molecule has 3 atom stereocenters. The number of ether oxygens (including phenoxy) is 1. The van der Waals surface area contributed by atoms with Crippen molar-refractivity contribution < 1.29 is 19.1 Å². The summed E-state index contributed by atoms with van der Waals surface area (Å²) in [6.45, 7) is 9.17. The number of carboxylic acid groups (broad SMARTS) is 1. The SMILES string of the molecule is CC(C)=C1CC[C@H](C)[C@](C)(COc2ccc3ccc(=O)oc3c2)[C@H]1CCC(=O)O. The number of hydrogen-bond donors (Lipinski definition) is 1. The van der Waals surface area contributed by atoms with Crippen LogP contribution in [0.5, 0.6) is 5.75 Å². The van der Waals surface area contributed by atoms with Gasteiger partial charge in [-0.25, -0.2) is 4.79 Å². The first-order valence-electron chi connectivity index (χ1n) is 10.3. The number of allylic oxidation sites excluding steroid dienone is 2. The van der Waals surface area contributed by atoms with Crippen LogP contribution in [-0.4, -0.2) is 17.7 Å². The van der Waals surface area contributed by atoms with Crippen LogP contribution in [0.1, 0.15) is 53.4 Å². The van der Waals surface area contributed by atoms with Gasteiger partial charge in [-0.1, -0.05) is 25.0 Å². The number of fused-ring (bicyclic) bond motifs is 1. The third-order valence-corrected chi connectivity index (χ3v) is 6.62. The smallest absolute Gasteiger partial charge is 0.336 e. The van der Waals surface area contributed by atoms with E-state index in [2.05, 4.69) is 27.7 Å². The lowest BCUT2D eigenvalue weighted by molar-refractivity contribution is -0.137. The summed E-state index contributed by atoms with van der Waals surface area (Å²) in [5.74, 6) is 0.472. The second-order valence-electron chi connectivity index (χ2n) is 8.70. The van der Waals surface area contributed by atoms with Gasteiger partial charge in [0.05, 0.1) is 6.61 Å². The second kappa shape index (κ2) is 8.44. The Morgan fingerprint density at radius 2 is 2.00 bits per heavy atom. The highest BCUT2D eigenvalue weighted by Gasteiger charge is 2.45. The molecule has 1 aliphatic carbocycles. The quantitative estimate of drug-likeness (QED) is 0.519. The Kier molecular flexibility index (Phi) is 6.15. The number of carboxylic acids is 1. The molecule has 1 saturated carbocycles. The maximum atomic E-state index is 11.5. The zero-order valence-electron chi connectivity index (χ0n) is 17.7. The molecule has 1 aliphatic rings. The summed E-state index contributed by atoms with van der Waals surface area (Å²) in [6.07, 6.45) is 2.86. The van der Waals surface area contributed by atoms with Gasteiger partial charge in [0.1, 0.15) is 11.3 Å². The van der Waals surface area contributed by atoms with Crippen molar-refractivity contribution in [3.05, 3.63) is 51.9 Å². The van der Waals surface area contributed by atoms with Gasteiger partial charge in [-0.15, -0.1) is 0 Å². The maximum absolute atomic E-state index is 11.5. The molecule has 0 radical (unpaired) electrons. The third-order valence-electron chi connectivity index (χ3n) is 6.62. The lowest BCUT2D eigenvalue weighted by Crippen LogP contribution is -2.44. The fourth-order valence-corrected chi connectivity index (χ4v) is 4.60. The summed E-state index contributed by atoms with van der Waals surface area (Å²) in [6, 6.07) is 8.65. The molecule has 0 unspecified atom stereocenters. The Bertz CT molecular complexity index is 982. The minimum absolute atomic E-state index is 0.158. The average Bonchev–Trinajstić information content (AvgIpc) is 2.66. The largest absolute Gasteiger partial charge is 0.493 e. The summed E-state index contributed by atoms with van der Waals surface area (Å²) in [4.78, 5) is 22.8. The van der Waals surface area contributed by atoms with Crippen molar-refractivity contribution >= 4 is 16.9 Å². The first-order valence-corrected chi connectivity index (χ1v) is 10.3. The molecular formula is C24H30O5. The molecule has 0 amide bonds. The Labute approximate surface area is 171 Å². The van der Waals surface area contributed by atoms with Crippen LogP contribution < -0.4 is 10.4 Å². The molecule has 1 aromatic carbocycles. The lowest BCUT2D eigenvalue weighted by Gasteiger charge is -2.48. The van der Waals surface area contributed by atoms with Gasteiger partial charge in [-0.05, 0) is 63.1 Å². The van der Waals surface area contributed by atoms with Crippen molar-refractivity contribution in [3.8, 4) is 5.75 Å². The van der Waals surface area contributed by atoms with Crippen LogP contribution in [0.4, 0.5) is 0 Å². The zero-order chi connectivity index (χ0) is 21.2. The molecule has 5 nitrogen and oxygen atoms in total. The van der Waals surface area contributed by atoms with E-state index in [1.165, 1.54) is 17.2 Å². The van der Waals surface area contributed by atoms with Crippen LogP contribution >= 0.6 is 0 Å². The maximum Gasteiger partial charge on any atom is 0.336 e. The molecular weight excluding hydrogens is 368 g/mol.